The molecule has 0 aliphatic heterocycles. The van der Waals surface area contributed by atoms with E-state index in [0.717, 1.165) is 17.4 Å². The lowest BCUT2D eigenvalue weighted by molar-refractivity contribution is 0.100. The average Bonchev–Trinajstić information content (AvgIpc) is 2.91. The maximum absolute atomic E-state index is 12.0. The van der Waals surface area contributed by atoms with Crippen LogP contribution in [0, 0.1) is 0 Å². The zero-order chi connectivity index (χ0) is 17.0. The van der Waals surface area contributed by atoms with Crippen LogP contribution in [0.25, 0.3) is 11.1 Å². The number of nitrogens with one attached hydrogen (secondary N) is 1. The van der Waals surface area contributed by atoms with Gasteiger partial charge in [0.05, 0.1) is 10.6 Å². The van der Waals surface area contributed by atoms with Gasteiger partial charge in [0.1, 0.15) is 0 Å². The highest BCUT2D eigenvalue weighted by Gasteiger charge is 2.09. The fraction of sp³-hybridized carbons (Fsp3) is 0.0769. The van der Waals surface area contributed by atoms with E-state index in [1.165, 1.54) is 11.3 Å². The van der Waals surface area contributed by atoms with Crippen LogP contribution in [0.4, 0.5) is 0 Å². The van der Waals surface area contributed by atoms with Crippen molar-refractivity contribution in [1.82, 2.24) is 5.48 Å². The molecular formula is C13H12ClN3O4S2. The normalized spacial score (nSPS) is 12.2. The third-order valence-electron chi connectivity index (χ3n) is 2.53. The fourth-order valence-corrected chi connectivity index (χ4v) is 2.74. The van der Waals surface area contributed by atoms with Gasteiger partial charge in [-0.15, -0.1) is 15.6 Å². The first kappa shape index (κ1) is 17.4. The van der Waals surface area contributed by atoms with E-state index in [1.807, 2.05) is 16.9 Å². The number of guanidine groups is 1. The number of benzene rings is 1. The Hall–Kier alpha value is -1.94. The lowest BCUT2D eigenvalue weighted by Crippen LogP contribution is -2.34. The summed E-state index contributed by atoms with van der Waals surface area (Å²) < 4.78 is 26.5. The van der Waals surface area contributed by atoms with Crippen LogP contribution in [0.5, 0.6) is 0 Å². The minimum absolute atomic E-state index is 0.286. The van der Waals surface area contributed by atoms with Crippen molar-refractivity contribution in [1.29, 1.82) is 0 Å². The topological polar surface area (TPSA) is 111 Å². The van der Waals surface area contributed by atoms with E-state index in [2.05, 4.69) is 9.28 Å². The first-order chi connectivity index (χ1) is 10.7. The Labute approximate surface area is 141 Å². The zero-order valence-electron chi connectivity index (χ0n) is 11.8. The van der Waals surface area contributed by atoms with E-state index < -0.39 is 22.0 Å². The molecule has 0 saturated carbocycles. The van der Waals surface area contributed by atoms with Gasteiger partial charge in [-0.25, -0.2) is 5.48 Å². The molecule has 0 atom stereocenters. The molecule has 1 heterocycles. The maximum Gasteiger partial charge on any atom is 0.285 e. The Morgan fingerprint density at radius 2 is 2.09 bits per heavy atom. The van der Waals surface area contributed by atoms with Gasteiger partial charge < -0.3 is 5.73 Å². The third kappa shape index (κ3) is 5.32. The number of nitrogens with two attached hydrogens (primary N) is 1. The Bertz CT molecular complexity index is 862. The van der Waals surface area contributed by atoms with Gasteiger partial charge in [0, 0.05) is 10.9 Å². The Morgan fingerprint density at radius 3 is 2.70 bits per heavy atom. The first-order valence-electron chi connectivity index (χ1n) is 6.12. The van der Waals surface area contributed by atoms with E-state index in [4.69, 9.17) is 17.3 Å². The van der Waals surface area contributed by atoms with Crippen molar-refractivity contribution >= 4 is 44.9 Å². The summed E-state index contributed by atoms with van der Waals surface area (Å²) in [5.41, 5.74) is 9.23. The summed E-state index contributed by atoms with van der Waals surface area (Å²) in [5, 5.41) is 1.87. The van der Waals surface area contributed by atoms with Gasteiger partial charge in [0.15, 0.2) is 0 Å². The van der Waals surface area contributed by atoms with Crippen LogP contribution in [-0.2, 0) is 14.4 Å². The quantitative estimate of drug-likeness (QED) is 0.481. The molecule has 0 unspecified atom stereocenters. The van der Waals surface area contributed by atoms with E-state index in [9.17, 15) is 13.2 Å². The van der Waals surface area contributed by atoms with Crippen LogP contribution >= 0.6 is 22.9 Å². The van der Waals surface area contributed by atoms with E-state index >= 15 is 0 Å². The number of carbonyl (C=O) groups is 1. The third-order valence-corrected chi connectivity index (χ3v) is 4.01. The van der Waals surface area contributed by atoms with E-state index in [-0.39, 0.29) is 5.56 Å². The second-order valence-electron chi connectivity index (χ2n) is 4.41. The number of hydrogen-bond acceptors (Lipinski definition) is 5. The molecule has 0 aliphatic carbocycles. The highest BCUT2D eigenvalue weighted by Crippen LogP contribution is 2.29. The number of rotatable bonds is 4. The van der Waals surface area contributed by atoms with Crippen LogP contribution < -0.4 is 11.2 Å². The number of hydrogen-bond donors (Lipinski definition) is 2. The molecule has 1 aromatic carbocycles. The van der Waals surface area contributed by atoms with Crippen molar-refractivity contribution in [3.8, 4) is 11.1 Å². The minimum atomic E-state index is -3.75. The number of aliphatic imine (C=N–C) groups is 1. The highest BCUT2D eigenvalue weighted by molar-refractivity contribution is 7.85. The van der Waals surface area contributed by atoms with Crippen molar-refractivity contribution in [2.45, 2.75) is 0 Å². The van der Waals surface area contributed by atoms with Gasteiger partial charge in [-0.2, -0.15) is 13.4 Å². The molecule has 0 radical (unpaired) electrons. The molecule has 0 fully saturated rings. The number of halogens is 1. The summed E-state index contributed by atoms with van der Waals surface area (Å²) in [6, 6.07) is 8.51. The van der Waals surface area contributed by atoms with Crippen LogP contribution in [0.3, 0.4) is 0 Å². The fourth-order valence-electron chi connectivity index (χ4n) is 1.61. The van der Waals surface area contributed by atoms with Crippen molar-refractivity contribution in [3.05, 3.63) is 45.6 Å². The number of amides is 1. The molecule has 7 nitrogen and oxygen atoms in total. The highest BCUT2D eigenvalue weighted by atomic mass is 35.5. The van der Waals surface area contributed by atoms with Crippen LogP contribution in [0.2, 0.25) is 4.34 Å². The number of thiophene rings is 1. The summed E-state index contributed by atoms with van der Waals surface area (Å²) in [5.74, 6) is -1.11. The van der Waals surface area contributed by atoms with E-state index in [0.29, 0.717) is 4.34 Å². The Morgan fingerprint density at radius 1 is 1.35 bits per heavy atom. The standard InChI is InChI=1S/C13H12ClN3O4S2/c1-23(19,20)21-17-13(15)16-12(18)9-4-2-3-8(5-9)10-6-11(14)22-7-10/h2-7H,1H3,(H3,15,16,17,18). The lowest BCUT2D eigenvalue weighted by Gasteiger charge is -2.04. The number of carbonyl (C=O) groups excluding carboxylic acids is 1. The molecule has 0 saturated heterocycles. The molecule has 0 spiro atoms. The SMILES string of the molecule is CS(=O)(=O)ONC(N)=NC(=O)c1cccc(-c2csc(Cl)c2)c1. The van der Waals surface area contributed by atoms with Crippen LogP contribution in [0.15, 0.2) is 40.7 Å². The molecule has 2 rings (SSSR count). The van der Waals surface area contributed by atoms with Crippen molar-refractivity contribution in [2.75, 3.05) is 6.26 Å². The molecule has 0 bridgehead atoms. The van der Waals surface area contributed by atoms with Gasteiger partial charge in [-0.1, -0.05) is 23.7 Å². The molecule has 122 valence electrons. The van der Waals surface area contributed by atoms with E-state index in [1.54, 1.807) is 24.3 Å². The largest absolute Gasteiger partial charge is 0.368 e. The molecule has 0 aliphatic rings. The zero-order valence-corrected chi connectivity index (χ0v) is 14.2. The Balaban J connectivity index is 2.16. The smallest absolute Gasteiger partial charge is 0.285 e. The van der Waals surface area contributed by atoms with Crippen molar-refractivity contribution in [3.63, 3.8) is 0 Å². The van der Waals surface area contributed by atoms with Gasteiger partial charge in [-0.3, -0.25) is 4.79 Å². The molecule has 3 N–H and O–H groups in total. The number of hydroxylamine groups is 1. The number of nitrogens with zero attached hydrogens (tertiary/aromatic N) is 1. The van der Waals surface area contributed by atoms with Gasteiger partial charge in [-0.05, 0) is 29.3 Å². The Kier molecular flexibility index (Phi) is 5.37. The summed E-state index contributed by atoms with van der Waals surface area (Å²) in [6.45, 7) is 0. The monoisotopic (exact) mass is 373 g/mol. The summed E-state index contributed by atoms with van der Waals surface area (Å²) in [6.07, 6.45) is 0.824. The minimum Gasteiger partial charge on any atom is -0.368 e. The summed E-state index contributed by atoms with van der Waals surface area (Å²) >= 11 is 7.28. The predicted octanol–water partition coefficient (Wildman–Crippen LogP) is 2.00. The molecular weight excluding hydrogens is 362 g/mol. The van der Waals surface area contributed by atoms with Gasteiger partial charge in [0.25, 0.3) is 16.0 Å². The lowest BCUT2D eigenvalue weighted by atomic mass is 10.1. The molecule has 10 heteroatoms. The van der Waals surface area contributed by atoms with Gasteiger partial charge >= 0.3 is 0 Å². The maximum atomic E-state index is 12.0. The molecule has 1 amide bonds. The molecule has 2 aromatic rings. The van der Waals surface area contributed by atoms with Crippen LogP contribution in [-0.4, -0.2) is 26.5 Å². The van der Waals surface area contributed by atoms with Crippen LogP contribution in [0.1, 0.15) is 10.4 Å². The summed E-state index contributed by atoms with van der Waals surface area (Å²) in [7, 11) is -3.75. The molecule has 23 heavy (non-hydrogen) atoms. The second-order valence-corrected chi connectivity index (χ2v) is 7.53. The first-order valence-corrected chi connectivity index (χ1v) is 9.19. The van der Waals surface area contributed by atoms with Crippen molar-refractivity contribution < 1.29 is 17.5 Å². The average molecular weight is 374 g/mol. The predicted molar refractivity (Wildman–Crippen MR) is 89.8 cm³/mol. The molecule has 1 aromatic heterocycles. The second kappa shape index (κ2) is 7.09. The van der Waals surface area contributed by atoms with Crippen molar-refractivity contribution in [2.24, 2.45) is 10.7 Å². The van der Waals surface area contributed by atoms with Gasteiger partial charge in [0.2, 0.25) is 5.96 Å². The summed E-state index contributed by atoms with van der Waals surface area (Å²) in [4.78, 5) is 15.6.